The monoisotopic (exact) mass is 430 g/mol. The van der Waals surface area contributed by atoms with Crippen molar-refractivity contribution in [2.45, 2.75) is 57.6 Å². The summed E-state index contributed by atoms with van der Waals surface area (Å²) in [6, 6.07) is 5.12. The van der Waals surface area contributed by atoms with Gasteiger partial charge in [0.25, 0.3) is 0 Å². The van der Waals surface area contributed by atoms with Crippen molar-refractivity contribution in [3.8, 4) is 0 Å². The summed E-state index contributed by atoms with van der Waals surface area (Å²) in [6.45, 7) is 3.62. The number of alkyl halides is 2. The van der Waals surface area contributed by atoms with Crippen LogP contribution in [0.1, 0.15) is 39.5 Å². The average Bonchev–Trinajstić information content (AvgIpc) is 2.55. The number of carbonyl (C=O) groups excluding carboxylic acids is 2. The standard InChI is InChI=1S/C18H21BrF2N2O3/c1-11-10-22(17(25)26-14-5-7-18(20,21)8-6-14)16-9-13(19)3-4-15(16)23(11)12(2)24/h3-4,9,11,14H,5-8,10H2,1-2H3/t11-/m0/s1. The highest BCUT2D eigenvalue weighted by atomic mass is 79.9. The maximum Gasteiger partial charge on any atom is 0.414 e. The summed E-state index contributed by atoms with van der Waals surface area (Å²) in [4.78, 5) is 27.9. The lowest BCUT2D eigenvalue weighted by molar-refractivity contribution is -0.117. The minimum absolute atomic E-state index is 0.108. The van der Waals surface area contributed by atoms with E-state index in [0.29, 0.717) is 11.4 Å². The van der Waals surface area contributed by atoms with Crippen molar-refractivity contribution in [3.63, 3.8) is 0 Å². The maximum atomic E-state index is 13.3. The SMILES string of the molecule is CC(=O)N1c2ccc(Br)cc2N(C(=O)OC2CCC(F)(F)CC2)C[C@@H]1C. The van der Waals surface area contributed by atoms with Crippen LogP contribution in [0.15, 0.2) is 22.7 Å². The molecule has 0 N–H and O–H groups in total. The Morgan fingerprint density at radius 2 is 1.88 bits per heavy atom. The van der Waals surface area contributed by atoms with E-state index < -0.39 is 18.1 Å². The van der Waals surface area contributed by atoms with Gasteiger partial charge in [-0.2, -0.15) is 0 Å². The summed E-state index contributed by atoms with van der Waals surface area (Å²) < 4.78 is 32.8. The number of nitrogens with zero attached hydrogens (tertiary/aromatic N) is 2. The van der Waals surface area contributed by atoms with E-state index in [4.69, 9.17) is 4.74 Å². The fraction of sp³-hybridized carbons (Fsp3) is 0.556. The molecule has 1 fully saturated rings. The van der Waals surface area contributed by atoms with Crippen LogP contribution in [0, 0.1) is 0 Å². The molecule has 26 heavy (non-hydrogen) atoms. The van der Waals surface area contributed by atoms with Crippen LogP contribution in [0.2, 0.25) is 0 Å². The number of hydrogen-bond acceptors (Lipinski definition) is 3. The van der Waals surface area contributed by atoms with Gasteiger partial charge in [0.05, 0.1) is 17.4 Å². The Balaban J connectivity index is 1.81. The molecule has 5 nitrogen and oxygen atoms in total. The zero-order valence-corrected chi connectivity index (χ0v) is 16.3. The first kappa shape index (κ1) is 19.1. The summed E-state index contributed by atoms with van der Waals surface area (Å²) in [6.07, 6.45) is -1.27. The van der Waals surface area contributed by atoms with Gasteiger partial charge in [-0.25, -0.2) is 13.6 Å². The van der Waals surface area contributed by atoms with Crippen molar-refractivity contribution < 1.29 is 23.1 Å². The molecule has 1 aliphatic carbocycles. The third kappa shape index (κ3) is 3.84. The number of fused-ring (bicyclic) bond motifs is 1. The normalized spacial score (nSPS) is 22.7. The van der Waals surface area contributed by atoms with Crippen LogP contribution in [-0.4, -0.2) is 36.6 Å². The van der Waals surface area contributed by atoms with Gasteiger partial charge in [0.15, 0.2) is 0 Å². The molecule has 0 bridgehead atoms. The van der Waals surface area contributed by atoms with Crippen LogP contribution < -0.4 is 9.80 Å². The van der Waals surface area contributed by atoms with Gasteiger partial charge >= 0.3 is 6.09 Å². The van der Waals surface area contributed by atoms with Gasteiger partial charge in [0.2, 0.25) is 11.8 Å². The second-order valence-electron chi connectivity index (χ2n) is 6.92. The Morgan fingerprint density at radius 3 is 2.50 bits per heavy atom. The first-order valence-corrected chi connectivity index (χ1v) is 9.42. The zero-order valence-electron chi connectivity index (χ0n) is 14.7. The first-order valence-electron chi connectivity index (χ1n) is 8.63. The highest BCUT2D eigenvalue weighted by Gasteiger charge is 2.39. The van der Waals surface area contributed by atoms with Gasteiger partial charge < -0.3 is 9.64 Å². The Kier molecular flexibility index (Phi) is 5.23. The minimum Gasteiger partial charge on any atom is -0.446 e. The Morgan fingerprint density at radius 1 is 1.23 bits per heavy atom. The van der Waals surface area contributed by atoms with Crippen LogP contribution in [0.4, 0.5) is 25.0 Å². The van der Waals surface area contributed by atoms with Gasteiger partial charge in [-0.05, 0) is 38.0 Å². The molecule has 1 heterocycles. The summed E-state index contributed by atoms with van der Waals surface area (Å²) >= 11 is 3.38. The third-order valence-corrected chi connectivity index (χ3v) is 5.36. The number of benzene rings is 1. The molecule has 1 saturated carbocycles. The second-order valence-corrected chi connectivity index (χ2v) is 7.84. The predicted octanol–water partition coefficient (Wildman–Crippen LogP) is 4.73. The van der Waals surface area contributed by atoms with Gasteiger partial charge in [0, 0.05) is 30.8 Å². The van der Waals surface area contributed by atoms with Crippen LogP contribution in [0.3, 0.4) is 0 Å². The highest BCUT2D eigenvalue weighted by molar-refractivity contribution is 9.10. The van der Waals surface area contributed by atoms with Gasteiger partial charge in [-0.1, -0.05) is 15.9 Å². The predicted molar refractivity (Wildman–Crippen MR) is 97.8 cm³/mol. The van der Waals surface area contributed by atoms with E-state index in [0.717, 1.165) is 4.47 Å². The first-order chi connectivity index (χ1) is 12.2. The van der Waals surface area contributed by atoms with E-state index in [1.165, 1.54) is 11.8 Å². The summed E-state index contributed by atoms with van der Waals surface area (Å²) in [5.74, 6) is -2.77. The molecule has 1 atom stereocenters. The molecule has 0 saturated heterocycles. The number of anilines is 2. The quantitative estimate of drug-likeness (QED) is 0.647. The van der Waals surface area contributed by atoms with Crippen molar-refractivity contribution in [2.24, 2.45) is 0 Å². The molecule has 0 radical (unpaired) electrons. The molecule has 142 valence electrons. The van der Waals surface area contributed by atoms with Crippen molar-refractivity contribution in [2.75, 3.05) is 16.3 Å². The van der Waals surface area contributed by atoms with E-state index in [1.807, 2.05) is 6.92 Å². The Hall–Kier alpha value is -1.70. The van der Waals surface area contributed by atoms with Crippen molar-refractivity contribution >= 4 is 39.3 Å². The maximum absolute atomic E-state index is 13.3. The number of rotatable bonds is 1. The molecular weight excluding hydrogens is 410 g/mol. The zero-order chi connectivity index (χ0) is 19.1. The number of ether oxygens (including phenoxy) is 1. The molecule has 0 aromatic heterocycles. The lowest BCUT2D eigenvalue weighted by atomic mass is 9.94. The molecule has 1 aliphatic heterocycles. The minimum atomic E-state index is -2.66. The van der Waals surface area contributed by atoms with Crippen LogP contribution in [-0.2, 0) is 9.53 Å². The molecule has 2 amide bonds. The average molecular weight is 431 g/mol. The molecule has 0 unspecified atom stereocenters. The molecule has 1 aromatic carbocycles. The van der Waals surface area contributed by atoms with E-state index in [-0.39, 0.29) is 44.2 Å². The van der Waals surface area contributed by atoms with Crippen molar-refractivity contribution in [1.29, 1.82) is 0 Å². The lowest BCUT2D eigenvalue weighted by Crippen LogP contribution is -2.52. The third-order valence-electron chi connectivity index (χ3n) is 4.87. The highest BCUT2D eigenvalue weighted by Crippen LogP contribution is 2.39. The van der Waals surface area contributed by atoms with Crippen LogP contribution in [0.5, 0.6) is 0 Å². The summed E-state index contributed by atoms with van der Waals surface area (Å²) in [5.41, 5.74) is 1.20. The number of carbonyl (C=O) groups is 2. The lowest BCUT2D eigenvalue weighted by Gasteiger charge is -2.41. The van der Waals surface area contributed by atoms with Crippen molar-refractivity contribution in [3.05, 3.63) is 22.7 Å². The largest absolute Gasteiger partial charge is 0.446 e. The van der Waals surface area contributed by atoms with E-state index in [9.17, 15) is 18.4 Å². The molecule has 1 aromatic rings. The molecule has 2 aliphatic rings. The van der Waals surface area contributed by atoms with Crippen LogP contribution >= 0.6 is 15.9 Å². The number of amides is 2. The fourth-order valence-corrected chi connectivity index (χ4v) is 3.94. The summed E-state index contributed by atoms with van der Waals surface area (Å²) in [7, 11) is 0. The Bertz CT molecular complexity index is 718. The molecule has 8 heteroatoms. The molecule has 0 spiro atoms. The van der Waals surface area contributed by atoms with Gasteiger partial charge in [0.1, 0.15) is 6.10 Å². The van der Waals surface area contributed by atoms with E-state index in [2.05, 4.69) is 15.9 Å². The molecule has 3 rings (SSSR count). The second kappa shape index (κ2) is 7.13. The van der Waals surface area contributed by atoms with Gasteiger partial charge in [-0.15, -0.1) is 0 Å². The van der Waals surface area contributed by atoms with Crippen LogP contribution in [0.25, 0.3) is 0 Å². The van der Waals surface area contributed by atoms with E-state index in [1.54, 1.807) is 23.1 Å². The number of halogens is 3. The van der Waals surface area contributed by atoms with Gasteiger partial charge in [-0.3, -0.25) is 9.69 Å². The summed E-state index contributed by atoms with van der Waals surface area (Å²) in [5, 5.41) is 0. The number of hydrogen-bond donors (Lipinski definition) is 0. The topological polar surface area (TPSA) is 49.9 Å². The van der Waals surface area contributed by atoms with Crippen molar-refractivity contribution in [1.82, 2.24) is 0 Å². The fourth-order valence-electron chi connectivity index (χ4n) is 3.59. The smallest absolute Gasteiger partial charge is 0.414 e. The molecular formula is C18H21BrF2N2O3. The Labute approximate surface area is 159 Å². The van der Waals surface area contributed by atoms with E-state index >= 15 is 0 Å².